The van der Waals surface area contributed by atoms with Crippen molar-refractivity contribution >= 4 is 29.3 Å². The van der Waals surface area contributed by atoms with Crippen molar-refractivity contribution in [3.8, 4) is 5.75 Å². The number of nitrogens with one attached hydrogen (secondary N) is 2. The largest absolute Gasteiger partial charge is 0.494 e. The Hall–Kier alpha value is -3.68. The first-order valence-corrected chi connectivity index (χ1v) is 10.2. The van der Waals surface area contributed by atoms with Crippen molar-refractivity contribution in [1.82, 2.24) is 10.6 Å². The van der Waals surface area contributed by atoms with E-state index in [4.69, 9.17) is 4.74 Å². The van der Waals surface area contributed by atoms with Crippen molar-refractivity contribution in [3.63, 3.8) is 0 Å². The molecular formula is C23H25N3O5. The smallest absolute Gasteiger partial charge is 0.266 e. The van der Waals surface area contributed by atoms with Crippen LogP contribution in [-0.2, 0) is 4.79 Å². The van der Waals surface area contributed by atoms with Crippen molar-refractivity contribution in [2.45, 2.75) is 33.2 Å². The molecule has 1 atom stereocenters. The van der Waals surface area contributed by atoms with Crippen molar-refractivity contribution in [1.29, 1.82) is 0 Å². The lowest BCUT2D eigenvalue weighted by Crippen LogP contribution is -2.45. The van der Waals surface area contributed by atoms with Crippen LogP contribution in [0.25, 0.3) is 0 Å². The minimum atomic E-state index is -0.731. The van der Waals surface area contributed by atoms with E-state index in [1.807, 2.05) is 13.8 Å². The average Bonchev–Trinajstić information content (AvgIpc) is 3.02. The summed E-state index contributed by atoms with van der Waals surface area (Å²) < 4.78 is 5.39. The normalized spacial score (nSPS) is 13.6. The van der Waals surface area contributed by atoms with E-state index in [1.165, 1.54) is 18.2 Å². The lowest BCUT2D eigenvalue weighted by Gasteiger charge is -2.14. The number of hydrogen-bond acceptors (Lipinski definition) is 5. The predicted octanol–water partition coefficient (Wildman–Crippen LogP) is 2.53. The van der Waals surface area contributed by atoms with Crippen molar-refractivity contribution in [3.05, 3.63) is 59.2 Å². The van der Waals surface area contributed by atoms with Crippen LogP contribution < -0.4 is 20.3 Å². The molecule has 0 aliphatic carbocycles. The number of imide groups is 1. The second kappa shape index (κ2) is 9.42. The summed E-state index contributed by atoms with van der Waals surface area (Å²) in [5.41, 5.74) is 0.990. The molecule has 8 nitrogen and oxygen atoms in total. The van der Waals surface area contributed by atoms with Crippen LogP contribution in [0.2, 0.25) is 0 Å². The average molecular weight is 423 g/mol. The van der Waals surface area contributed by atoms with Crippen LogP contribution in [0.15, 0.2) is 42.5 Å². The maximum atomic E-state index is 12.9. The van der Waals surface area contributed by atoms with Gasteiger partial charge in [0.2, 0.25) is 5.91 Å². The molecule has 1 aliphatic heterocycles. The second-order valence-corrected chi connectivity index (χ2v) is 7.12. The molecule has 2 aromatic carbocycles. The van der Waals surface area contributed by atoms with Crippen LogP contribution in [0.3, 0.4) is 0 Å². The number of hydrogen-bond donors (Lipinski definition) is 2. The van der Waals surface area contributed by atoms with Gasteiger partial charge in [0.15, 0.2) is 0 Å². The molecule has 8 heteroatoms. The minimum Gasteiger partial charge on any atom is -0.494 e. The summed E-state index contributed by atoms with van der Waals surface area (Å²) in [6.07, 6.45) is 0.790. The number of benzene rings is 2. The van der Waals surface area contributed by atoms with Gasteiger partial charge in [-0.05, 0) is 62.7 Å². The molecule has 1 heterocycles. The zero-order valence-electron chi connectivity index (χ0n) is 17.7. The lowest BCUT2D eigenvalue weighted by atomic mass is 10.0. The van der Waals surface area contributed by atoms with Crippen LogP contribution in [0, 0.1) is 0 Å². The molecule has 4 amide bonds. The van der Waals surface area contributed by atoms with Gasteiger partial charge in [-0.1, -0.05) is 6.92 Å². The van der Waals surface area contributed by atoms with E-state index in [1.54, 1.807) is 31.2 Å². The summed E-state index contributed by atoms with van der Waals surface area (Å²) in [4.78, 5) is 51.3. The highest BCUT2D eigenvalue weighted by molar-refractivity contribution is 6.34. The van der Waals surface area contributed by atoms with Gasteiger partial charge in [0, 0.05) is 12.1 Å². The Labute approximate surface area is 180 Å². The van der Waals surface area contributed by atoms with E-state index in [0.717, 1.165) is 11.3 Å². The Morgan fingerprint density at radius 1 is 1.00 bits per heavy atom. The second-order valence-electron chi connectivity index (χ2n) is 7.12. The number of nitrogens with zero attached hydrogens (tertiary/aromatic N) is 1. The van der Waals surface area contributed by atoms with E-state index >= 15 is 0 Å². The molecule has 0 radical (unpaired) electrons. The molecule has 0 unspecified atom stereocenters. The van der Waals surface area contributed by atoms with Gasteiger partial charge in [-0.2, -0.15) is 0 Å². The number of fused-ring (bicyclic) bond motifs is 1. The summed E-state index contributed by atoms with van der Waals surface area (Å²) in [7, 11) is 0. The lowest BCUT2D eigenvalue weighted by molar-refractivity contribution is -0.122. The van der Waals surface area contributed by atoms with Gasteiger partial charge in [-0.25, -0.2) is 4.90 Å². The van der Waals surface area contributed by atoms with Crippen LogP contribution in [-0.4, -0.2) is 42.8 Å². The fourth-order valence-corrected chi connectivity index (χ4v) is 3.22. The molecular weight excluding hydrogens is 398 g/mol. The fraction of sp³-hybridized carbons (Fsp3) is 0.304. The van der Waals surface area contributed by atoms with Crippen LogP contribution >= 0.6 is 0 Å². The molecule has 162 valence electrons. The maximum absolute atomic E-state index is 12.9. The Bertz CT molecular complexity index is 1020. The maximum Gasteiger partial charge on any atom is 0.266 e. The Morgan fingerprint density at radius 2 is 1.68 bits per heavy atom. The number of amides is 4. The molecule has 1 aliphatic rings. The van der Waals surface area contributed by atoms with Gasteiger partial charge in [-0.3, -0.25) is 19.2 Å². The minimum absolute atomic E-state index is 0.148. The number of anilines is 1. The standard InChI is InChI=1S/C23H25N3O5/c1-4-12-24-20(27)14(3)25-21(28)15-6-11-18-19(13-15)23(30)26(22(18)29)16-7-9-17(10-8-16)31-5-2/h6-11,13-14H,4-5,12H2,1-3H3,(H,24,27)(H,25,28)/t14-/m0/s1. The third-order valence-corrected chi connectivity index (χ3v) is 4.84. The molecule has 2 aromatic rings. The first-order chi connectivity index (χ1) is 14.9. The number of ether oxygens (including phenoxy) is 1. The molecule has 0 fully saturated rings. The third-order valence-electron chi connectivity index (χ3n) is 4.84. The SMILES string of the molecule is CCCNC(=O)[C@H](C)NC(=O)c1ccc2c(c1)C(=O)N(c1ccc(OCC)cc1)C2=O. The summed E-state index contributed by atoms with van der Waals surface area (Å²) in [6, 6.07) is 10.2. The van der Waals surface area contributed by atoms with Gasteiger partial charge in [0.05, 0.1) is 23.4 Å². The highest BCUT2D eigenvalue weighted by Crippen LogP contribution is 2.30. The summed E-state index contributed by atoms with van der Waals surface area (Å²) in [5.74, 6) is -1.11. The van der Waals surface area contributed by atoms with Crippen LogP contribution in [0.4, 0.5) is 5.69 Å². The number of rotatable bonds is 8. The third kappa shape index (κ3) is 4.58. The van der Waals surface area contributed by atoms with Crippen LogP contribution in [0.1, 0.15) is 58.3 Å². The van der Waals surface area contributed by atoms with E-state index in [2.05, 4.69) is 10.6 Å². The zero-order valence-corrected chi connectivity index (χ0v) is 17.7. The Balaban J connectivity index is 1.77. The molecule has 0 saturated heterocycles. The highest BCUT2D eigenvalue weighted by atomic mass is 16.5. The van der Waals surface area contributed by atoms with Gasteiger partial charge < -0.3 is 15.4 Å². The van der Waals surface area contributed by atoms with E-state index in [-0.39, 0.29) is 22.6 Å². The van der Waals surface area contributed by atoms with Gasteiger partial charge in [0.1, 0.15) is 11.8 Å². The highest BCUT2D eigenvalue weighted by Gasteiger charge is 2.37. The van der Waals surface area contributed by atoms with Crippen molar-refractivity contribution in [2.75, 3.05) is 18.1 Å². The summed E-state index contributed by atoms with van der Waals surface area (Å²) in [6.45, 7) is 6.41. The molecule has 0 bridgehead atoms. The number of carbonyl (C=O) groups excluding carboxylic acids is 4. The topological polar surface area (TPSA) is 105 Å². The summed E-state index contributed by atoms with van der Waals surface area (Å²) in [5, 5.41) is 5.32. The van der Waals surface area contributed by atoms with Crippen molar-refractivity contribution < 1.29 is 23.9 Å². The first kappa shape index (κ1) is 22.0. The molecule has 0 aromatic heterocycles. The fourth-order valence-electron chi connectivity index (χ4n) is 3.22. The molecule has 0 saturated carbocycles. The van der Waals surface area contributed by atoms with E-state index in [9.17, 15) is 19.2 Å². The van der Waals surface area contributed by atoms with Crippen molar-refractivity contribution in [2.24, 2.45) is 0 Å². The van der Waals surface area contributed by atoms with Gasteiger partial charge in [-0.15, -0.1) is 0 Å². The van der Waals surface area contributed by atoms with Crippen LogP contribution in [0.5, 0.6) is 5.75 Å². The molecule has 2 N–H and O–H groups in total. The Kier molecular flexibility index (Phi) is 6.69. The molecule has 0 spiro atoms. The first-order valence-electron chi connectivity index (χ1n) is 10.2. The Morgan fingerprint density at radius 3 is 2.32 bits per heavy atom. The molecule has 31 heavy (non-hydrogen) atoms. The van der Waals surface area contributed by atoms with Gasteiger partial charge >= 0.3 is 0 Å². The zero-order chi connectivity index (χ0) is 22.5. The summed E-state index contributed by atoms with van der Waals surface area (Å²) >= 11 is 0. The predicted molar refractivity (Wildman–Crippen MR) is 115 cm³/mol. The van der Waals surface area contributed by atoms with E-state index in [0.29, 0.717) is 24.6 Å². The monoisotopic (exact) mass is 423 g/mol. The number of carbonyl (C=O) groups is 4. The quantitative estimate of drug-likeness (QED) is 0.635. The molecule has 3 rings (SSSR count). The van der Waals surface area contributed by atoms with Gasteiger partial charge in [0.25, 0.3) is 17.7 Å². The van der Waals surface area contributed by atoms with E-state index < -0.39 is 23.8 Å².